The summed E-state index contributed by atoms with van der Waals surface area (Å²) in [5.41, 5.74) is -1.07. The molecule has 0 radical (unpaired) electrons. The van der Waals surface area contributed by atoms with Gasteiger partial charge in [-0.3, -0.25) is 18.7 Å². The van der Waals surface area contributed by atoms with Crippen molar-refractivity contribution in [2.75, 3.05) is 33.0 Å². The van der Waals surface area contributed by atoms with Gasteiger partial charge in [0.2, 0.25) is 6.41 Å². The number of carbonyl (C=O) groups is 1. The molecule has 0 aliphatic carbocycles. The van der Waals surface area contributed by atoms with Gasteiger partial charge >= 0.3 is 12.3 Å². The fourth-order valence-electron chi connectivity index (χ4n) is 4.82. The summed E-state index contributed by atoms with van der Waals surface area (Å²) in [6, 6.07) is 8.20. The van der Waals surface area contributed by atoms with E-state index in [2.05, 4.69) is 0 Å². The van der Waals surface area contributed by atoms with Crippen LogP contribution in [0, 0.1) is 0 Å². The number of amides is 1. The molecule has 1 aliphatic heterocycles. The van der Waals surface area contributed by atoms with Gasteiger partial charge in [0.1, 0.15) is 19.1 Å². The first-order valence-electron chi connectivity index (χ1n) is 12.8. The number of piperidine rings is 1. The van der Waals surface area contributed by atoms with Crippen LogP contribution in [0.3, 0.4) is 0 Å². The first kappa shape index (κ1) is 29.0. The first-order chi connectivity index (χ1) is 19.3. The van der Waals surface area contributed by atoms with E-state index in [1.54, 1.807) is 11.8 Å². The third-order valence-corrected chi connectivity index (χ3v) is 6.70. The average molecular weight is 568 g/mol. The summed E-state index contributed by atoms with van der Waals surface area (Å²) in [6.45, 7) is -3.18. The van der Waals surface area contributed by atoms with Crippen LogP contribution in [-0.4, -0.2) is 66.2 Å². The lowest BCUT2D eigenvalue weighted by atomic mass is 10.0. The van der Waals surface area contributed by atoms with E-state index in [1.165, 1.54) is 41.0 Å². The Bertz CT molecular complexity index is 1450. The van der Waals surface area contributed by atoms with Crippen LogP contribution in [-0.2, 0) is 11.3 Å². The minimum Gasteiger partial charge on any atom is -0.490 e. The molecule has 0 bridgehead atoms. The molecule has 3 aromatic rings. The average Bonchev–Trinajstić information content (AvgIpc) is 2.96. The van der Waals surface area contributed by atoms with E-state index in [0.717, 1.165) is 11.0 Å². The quantitative estimate of drug-likeness (QED) is 0.245. The number of aromatic nitrogens is 2. The minimum atomic E-state index is -3.19. The molecule has 0 spiro atoms. The van der Waals surface area contributed by atoms with Crippen molar-refractivity contribution in [1.82, 2.24) is 14.0 Å². The van der Waals surface area contributed by atoms with Crippen molar-refractivity contribution in [3.63, 3.8) is 0 Å². The zero-order valence-corrected chi connectivity index (χ0v) is 21.7. The Kier molecular flexibility index (Phi) is 9.33. The van der Waals surface area contributed by atoms with Gasteiger partial charge in [0.25, 0.3) is 5.56 Å². The molecule has 1 amide bonds. The number of alkyl halides is 4. The lowest BCUT2D eigenvalue weighted by molar-refractivity contribution is -0.119. The third-order valence-electron chi connectivity index (χ3n) is 6.70. The highest BCUT2D eigenvalue weighted by atomic mass is 19.3. The molecule has 0 unspecified atom stereocenters. The zero-order valence-electron chi connectivity index (χ0n) is 21.7. The van der Waals surface area contributed by atoms with Gasteiger partial charge in [0.15, 0.2) is 17.6 Å². The molecule has 4 rings (SSSR count). The molecule has 13 heteroatoms. The molecule has 2 heterocycles. The van der Waals surface area contributed by atoms with Crippen LogP contribution in [0.5, 0.6) is 17.2 Å². The molecule has 1 fully saturated rings. The van der Waals surface area contributed by atoms with Crippen LogP contribution in [0.25, 0.3) is 10.9 Å². The van der Waals surface area contributed by atoms with E-state index in [0.29, 0.717) is 25.9 Å². The van der Waals surface area contributed by atoms with Crippen molar-refractivity contribution in [3.8, 4) is 17.2 Å². The van der Waals surface area contributed by atoms with Gasteiger partial charge in [0, 0.05) is 24.7 Å². The molecule has 1 aromatic heterocycles. The topological polar surface area (TPSA) is 92.0 Å². The minimum absolute atomic E-state index is 0.0230. The third kappa shape index (κ3) is 6.07. The Hall–Kier alpha value is -4.03. The number of halogens is 4. The van der Waals surface area contributed by atoms with E-state index in [1.807, 2.05) is 0 Å². The molecule has 0 N–H and O–H groups in total. The van der Waals surface area contributed by atoms with E-state index in [9.17, 15) is 31.9 Å². The van der Waals surface area contributed by atoms with Crippen molar-refractivity contribution < 1.29 is 36.6 Å². The summed E-state index contributed by atoms with van der Waals surface area (Å²) >= 11 is 0. The molecule has 2 aromatic carbocycles. The second-order valence-corrected chi connectivity index (χ2v) is 9.20. The number of benzene rings is 2. The zero-order chi connectivity index (χ0) is 28.8. The maximum Gasteiger partial charge on any atom is 0.387 e. The van der Waals surface area contributed by atoms with Gasteiger partial charge in [0.05, 0.1) is 24.1 Å². The molecule has 9 nitrogen and oxygen atoms in total. The number of para-hydroxylation sites is 1. The summed E-state index contributed by atoms with van der Waals surface area (Å²) in [7, 11) is 0. The molecule has 0 saturated carbocycles. The normalized spacial score (nSPS) is 14.2. The monoisotopic (exact) mass is 567 g/mol. The molecule has 0 atom stereocenters. The first-order valence-corrected chi connectivity index (χ1v) is 12.8. The number of carbonyl (C=O) groups excluding carboxylic acids is 1. The Labute approximate surface area is 226 Å². The van der Waals surface area contributed by atoms with Crippen LogP contribution in [0.4, 0.5) is 17.6 Å². The molecular weight excluding hydrogens is 538 g/mol. The van der Waals surface area contributed by atoms with Crippen molar-refractivity contribution in [1.29, 1.82) is 0 Å². The molecule has 1 saturated heterocycles. The number of nitrogens with zero attached hydrogens (tertiary/aromatic N) is 3. The number of fused-ring (bicyclic) bond motifs is 1. The fraction of sp³-hybridized carbons (Fsp3) is 0.444. The smallest absolute Gasteiger partial charge is 0.387 e. The van der Waals surface area contributed by atoms with E-state index >= 15 is 0 Å². The van der Waals surface area contributed by atoms with Crippen molar-refractivity contribution in [2.45, 2.75) is 45.1 Å². The molecule has 40 heavy (non-hydrogen) atoms. The van der Waals surface area contributed by atoms with Gasteiger partial charge in [-0.05, 0) is 44.0 Å². The highest BCUT2D eigenvalue weighted by Gasteiger charge is 2.26. The van der Waals surface area contributed by atoms with Gasteiger partial charge < -0.3 is 19.1 Å². The van der Waals surface area contributed by atoms with Crippen LogP contribution in [0.1, 0.15) is 31.4 Å². The lowest BCUT2D eigenvalue weighted by Gasteiger charge is -2.31. The predicted octanol–water partition coefficient (Wildman–Crippen LogP) is 3.69. The number of likely N-dealkylation sites (tertiary alicyclic amines) is 1. The van der Waals surface area contributed by atoms with Crippen LogP contribution < -0.4 is 25.5 Å². The Balaban J connectivity index is 1.89. The number of rotatable bonds is 12. The second kappa shape index (κ2) is 12.9. The number of hydrogen-bond acceptors (Lipinski definition) is 6. The second-order valence-electron chi connectivity index (χ2n) is 9.20. The van der Waals surface area contributed by atoms with Gasteiger partial charge in [-0.2, -0.15) is 8.78 Å². The summed E-state index contributed by atoms with van der Waals surface area (Å²) in [5.74, 6) is -0.255. The van der Waals surface area contributed by atoms with E-state index < -0.39 is 43.9 Å². The van der Waals surface area contributed by atoms with Gasteiger partial charge in [-0.1, -0.05) is 12.1 Å². The number of ether oxygens (including phenoxy) is 3. The highest BCUT2D eigenvalue weighted by Crippen LogP contribution is 2.33. The van der Waals surface area contributed by atoms with E-state index in [-0.39, 0.29) is 46.4 Å². The van der Waals surface area contributed by atoms with Crippen LogP contribution >= 0.6 is 0 Å². The highest BCUT2D eigenvalue weighted by molar-refractivity contribution is 5.80. The molecule has 1 aliphatic rings. The van der Waals surface area contributed by atoms with Crippen molar-refractivity contribution in [3.05, 3.63) is 62.8 Å². The lowest BCUT2D eigenvalue weighted by Crippen LogP contribution is -2.44. The van der Waals surface area contributed by atoms with E-state index in [4.69, 9.17) is 14.2 Å². The summed E-state index contributed by atoms with van der Waals surface area (Å²) < 4.78 is 70.6. The molecular formula is C27H29F4N3O6. The molecule has 216 valence electrons. The van der Waals surface area contributed by atoms with Gasteiger partial charge in [-0.15, -0.1) is 0 Å². The van der Waals surface area contributed by atoms with Crippen molar-refractivity contribution in [2.24, 2.45) is 0 Å². The Morgan fingerprint density at radius 2 is 1.77 bits per heavy atom. The largest absolute Gasteiger partial charge is 0.490 e. The predicted molar refractivity (Wildman–Crippen MR) is 138 cm³/mol. The summed E-state index contributed by atoms with van der Waals surface area (Å²) in [4.78, 5) is 40.3. The maximum absolute atomic E-state index is 13.9. The fourth-order valence-corrected chi connectivity index (χ4v) is 4.82. The Morgan fingerprint density at radius 3 is 2.40 bits per heavy atom. The summed E-state index contributed by atoms with van der Waals surface area (Å²) in [6.07, 6.45) is 0.211. The standard InChI is InChI=1S/C27H29F4N3O6/c1-2-38-23-5-3-4-17(24(23)40-26(30)31)15-33-25(36)21-12-19(39-20(13-28)14-29)6-7-22(21)34(27(33)37)18-8-10-32(16-35)11-9-18/h3-7,12,16,18,20,26H,2,8-11,13-15H2,1H3. The maximum atomic E-state index is 13.9. The Morgan fingerprint density at radius 1 is 1.05 bits per heavy atom. The SMILES string of the molecule is CCOc1cccc(Cn2c(=O)c3cc(OC(CF)CF)ccc3n(C3CCN(C=O)CC3)c2=O)c1OC(F)F. The van der Waals surface area contributed by atoms with Crippen LogP contribution in [0.2, 0.25) is 0 Å². The van der Waals surface area contributed by atoms with Crippen LogP contribution in [0.15, 0.2) is 46.0 Å². The number of hydrogen-bond donors (Lipinski definition) is 0. The van der Waals surface area contributed by atoms with Gasteiger partial charge in [-0.25, -0.2) is 13.6 Å². The summed E-state index contributed by atoms with van der Waals surface area (Å²) in [5, 5.41) is 0.0312. The van der Waals surface area contributed by atoms with Crippen molar-refractivity contribution >= 4 is 17.3 Å².